The molecule has 218 valence electrons. The van der Waals surface area contributed by atoms with E-state index in [-0.39, 0.29) is 17.8 Å². The number of halogens is 6. The summed E-state index contributed by atoms with van der Waals surface area (Å²) in [5.41, 5.74) is 4.02. The van der Waals surface area contributed by atoms with Gasteiger partial charge in [-0.1, -0.05) is 46.4 Å². The molecule has 42 heavy (non-hydrogen) atoms. The maximum absolute atomic E-state index is 14.6. The van der Waals surface area contributed by atoms with Crippen LogP contribution >= 0.6 is 46.4 Å². The Bertz CT molecular complexity index is 1560. The lowest BCUT2D eigenvalue weighted by Gasteiger charge is -2.31. The molecule has 2 atom stereocenters. The van der Waals surface area contributed by atoms with Gasteiger partial charge in [-0.15, -0.1) is 0 Å². The van der Waals surface area contributed by atoms with Crippen molar-refractivity contribution in [2.24, 2.45) is 0 Å². The molecule has 0 spiro atoms. The molecule has 0 saturated carbocycles. The van der Waals surface area contributed by atoms with Gasteiger partial charge in [-0.3, -0.25) is 0 Å². The Balaban J connectivity index is 1.14. The van der Waals surface area contributed by atoms with Gasteiger partial charge in [0.2, 0.25) is 0 Å². The molecule has 2 unspecified atom stereocenters. The lowest BCUT2D eigenvalue weighted by atomic mass is 10.00. The summed E-state index contributed by atoms with van der Waals surface area (Å²) < 4.78 is 41.3. The smallest absolute Gasteiger partial charge is 0.131 e. The number of rotatable bonds is 7. The SMILES string of the molecule is CN(CC1Cc2cc(Cl)cc(-c3cc(F)ccc3F)c2O1)N(C)CC1Cc2cc(Cl)cc(-c3cc(Cl)ccc3Cl)c2O1. The summed E-state index contributed by atoms with van der Waals surface area (Å²) in [7, 11) is 3.96. The van der Waals surface area contributed by atoms with Crippen molar-refractivity contribution >= 4 is 46.4 Å². The van der Waals surface area contributed by atoms with Crippen LogP contribution < -0.4 is 9.47 Å². The Hall–Kier alpha value is -2.58. The molecule has 4 nitrogen and oxygen atoms in total. The lowest BCUT2D eigenvalue weighted by molar-refractivity contribution is -0.0221. The van der Waals surface area contributed by atoms with Crippen LogP contribution in [0.1, 0.15) is 11.1 Å². The van der Waals surface area contributed by atoms with Gasteiger partial charge in [-0.2, -0.15) is 0 Å². The van der Waals surface area contributed by atoms with Gasteiger partial charge in [0.25, 0.3) is 0 Å². The number of hydrogen-bond acceptors (Lipinski definition) is 4. The molecule has 4 aromatic carbocycles. The molecule has 2 aliphatic heterocycles. The van der Waals surface area contributed by atoms with Crippen LogP contribution in [0.3, 0.4) is 0 Å². The van der Waals surface area contributed by atoms with Gasteiger partial charge in [0.1, 0.15) is 35.3 Å². The molecule has 2 aliphatic rings. The Labute approximate surface area is 263 Å². The van der Waals surface area contributed by atoms with E-state index in [1.807, 2.05) is 38.4 Å². The van der Waals surface area contributed by atoms with E-state index >= 15 is 0 Å². The minimum Gasteiger partial charge on any atom is -0.488 e. The maximum atomic E-state index is 14.6. The largest absolute Gasteiger partial charge is 0.488 e. The zero-order chi connectivity index (χ0) is 29.7. The number of nitrogens with zero attached hydrogens (tertiary/aromatic N) is 2. The van der Waals surface area contributed by atoms with E-state index in [0.29, 0.717) is 57.3 Å². The molecular formula is C32H26Cl4F2N2O2. The molecule has 0 amide bonds. The van der Waals surface area contributed by atoms with E-state index in [1.54, 1.807) is 18.2 Å². The zero-order valence-corrected chi connectivity index (χ0v) is 25.8. The van der Waals surface area contributed by atoms with Gasteiger partial charge in [0, 0.05) is 69.3 Å². The van der Waals surface area contributed by atoms with Crippen LogP contribution in [0.25, 0.3) is 22.3 Å². The Morgan fingerprint density at radius 2 is 1.17 bits per heavy atom. The van der Waals surface area contributed by atoms with Crippen LogP contribution in [0.4, 0.5) is 8.78 Å². The molecule has 0 aromatic heterocycles. The van der Waals surface area contributed by atoms with Gasteiger partial charge in [0.15, 0.2) is 0 Å². The van der Waals surface area contributed by atoms with Gasteiger partial charge < -0.3 is 9.47 Å². The third-order valence-electron chi connectivity index (χ3n) is 7.68. The fraction of sp³-hybridized carbons (Fsp3) is 0.250. The minimum atomic E-state index is -0.538. The van der Waals surface area contributed by atoms with Crippen molar-refractivity contribution in [1.29, 1.82) is 0 Å². The fourth-order valence-corrected chi connectivity index (χ4v) is 6.54. The van der Waals surface area contributed by atoms with Gasteiger partial charge in [0.05, 0.1) is 13.1 Å². The Morgan fingerprint density at radius 1 is 0.643 bits per heavy atom. The first-order valence-electron chi connectivity index (χ1n) is 13.4. The Kier molecular flexibility index (Phi) is 8.31. The predicted molar refractivity (Wildman–Crippen MR) is 165 cm³/mol. The number of ether oxygens (including phenoxy) is 2. The number of hydrazine groups is 1. The average molecular weight is 650 g/mol. The first-order chi connectivity index (χ1) is 20.0. The number of benzene rings is 4. The third-order valence-corrected chi connectivity index (χ3v) is 8.68. The monoisotopic (exact) mass is 648 g/mol. The van der Waals surface area contributed by atoms with Crippen LogP contribution in [-0.4, -0.2) is 49.4 Å². The second kappa shape index (κ2) is 11.8. The van der Waals surface area contributed by atoms with E-state index < -0.39 is 11.6 Å². The first kappa shape index (κ1) is 29.5. The van der Waals surface area contributed by atoms with E-state index in [9.17, 15) is 8.78 Å². The van der Waals surface area contributed by atoms with Crippen molar-refractivity contribution in [1.82, 2.24) is 10.0 Å². The topological polar surface area (TPSA) is 24.9 Å². The van der Waals surface area contributed by atoms with E-state index in [1.165, 1.54) is 0 Å². The molecule has 0 saturated heterocycles. The highest BCUT2D eigenvalue weighted by atomic mass is 35.5. The van der Waals surface area contributed by atoms with E-state index in [0.717, 1.165) is 46.2 Å². The predicted octanol–water partition coefficient (Wildman–Crippen LogP) is 9.00. The summed E-state index contributed by atoms with van der Waals surface area (Å²) in [5, 5.41) is 6.33. The molecule has 0 N–H and O–H groups in total. The van der Waals surface area contributed by atoms with Crippen molar-refractivity contribution in [3.05, 3.63) is 104 Å². The van der Waals surface area contributed by atoms with Crippen molar-refractivity contribution in [2.75, 3.05) is 27.2 Å². The average Bonchev–Trinajstić information content (AvgIpc) is 3.53. The van der Waals surface area contributed by atoms with Crippen LogP contribution in [0, 0.1) is 11.6 Å². The lowest BCUT2D eigenvalue weighted by Crippen LogP contribution is -2.46. The molecule has 0 fully saturated rings. The summed E-state index contributed by atoms with van der Waals surface area (Å²) in [6, 6.07) is 15.9. The van der Waals surface area contributed by atoms with Crippen molar-refractivity contribution in [3.63, 3.8) is 0 Å². The molecular weight excluding hydrogens is 624 g/mol. The van der Waals surface area contributed by atoms with Gasteiger partial charge >= 0.3 is 0 Å². The Morgan fingerprint density at radius 3 is 1.74 bits per heavy atom. The fourth-order valence-electron chi connectivity index (χ4n) is 5.67. The second-order valence-corrected chi connectivity index (χ2v) is 12.4. The summed E-state index contributed by atoms with van der Waals surface area (Å²) in [6.07, 6.45) is 0.946. The van der Waals surface area contributed by atoms with Crippen molar-refractivity contribution in [2.45, 2.75) is 25.0 Å². The molecule has 6 rings (SSSR count). The van der Waals surface area contributed by atoms with Crippen LogP contribution in [0.5, 0.6) is 11.5 Å². The van der Waals surface area contributed by atoms with Crippen LogP contribution in [-0.2, 0) is 12.8 Å². The highest BCUT2D eigenvalue weighted by molar-refractivity contribution is 6.36. The highest BCUT2D eigenvalue weighted by Gasteiger charge is 2.32. The zero-order valence-electron chi connectivity index (χ0n) is 22.7. The quantitative estimate of drug-likeness (QED) is 0.187. The maximum Gasteiger partial charge on any atom is 0.131 e. The summed E-state index contributed by atoms with van der Waals surface area (Å²) in [5.74, 6) is 0.221. The van der Waals surface area contributed by atoms with Gasteiger partial charge in [-0.25, -0.2) is 18.8 Å². The molecule has 0 radical (unpaired) electrons. The van der Waals surface area contributed by atoms with Gasteiger partial charge in [-0.05, 0) is 71.8 Å². The summed E-state index contributed by atoms with van der Waals surface area (Å²) in [4.78, 5) is 0. The molecule has 0 aliphatic carbocycles. The third kappa shape index (κ3) is 5.94. The summed E-state index contributed by atoms with van der Waals surface area (Å²) >= 11 is 25.6. The van der Waals surface area contributed by atoms with E-state index in [2.05, 4.69) is 10.0 Å². The van der Waals surface area contributed by atoms with Crippen molar-refractivity contribution in [3.8, 4) is 33.8 Å². The van der Waals surface area contributed by atoms with Crippen LogP contribution in [0.2, 0.25) is 20.1 Å². The normalized spacial score (nSPS) is 17.4. The van der Waals surface area contributed by atoms with Crippen LogP contribution in [0.15, 0.2) is 60.7 Å². The summed E-state index contributed by atoms with van der Waals surface area (Å²) in [6.45, 7) is 1.17. The number of fused-ring (bicyclic) bond motifs is 2. The molecule has 10 heteroatoms. The molecule has 4 aromatic rings. The number of hydrogen-bond donors (Lipinski definition) is 0. The van der Waals surface area contributed by atoms with Crippen molar-refractivity contribution < 1.29 is 18.3 Å². The first-order valence-corrected chi connectivity index (χ1v) is 14.9. The highest BCUT2D eigenvalue weighted by Crippen LogP contribution is 2.45. The molecule has 2 heterocycles. The molecule has 0 bridgehead atoms. The standard InChI is InChI=1S/C32H26Cl4F2N2O2/c1-39(15-23-9-17-7-20(34)12-27(31(17)41-23)25-11-19(33)3-5-29(25)36)40(2)16-24-10-18-8-21(35)13-28(32(18)42-24)26-14-22(37)4-6-30(26)38/h3-8,11-14,23-24H,9-10,15-16H2,1-2H3. The second-order valence-electron chi connectivity index (χ2n) is 10.7. The number of likely N-dealkylation sites (N-methyl/N-ethyl adjacent to an activating group) is 2. The van der Waals surface area contributed by atoms with E-state index in [4.69, 9.17) is 55.9 Å². The minimum absolute atomic E-state index is 0.120.